The summed E-state index contributed by atoms with van der Waals surface area (Å²) < 4.78 is 5.39. The second-order valence-corrected chi connectivity index (χ2v) is 4.01. The molecule has 6 heteroatoms. The van der Waals surface area contributed by atoms with E-state index in [1.165, 1.54) is 6.20 Å². The van der Waals surface area contributed by atoms with Crippen LogP contribution in [0.2, 0.25) is 0 Å². The molecule has 0 saturated carbocycles. The van der Waals surface area contributed by atoms with Gasteiger partial charge < -0.3 is 15.4 Å². The highest BCUT2D eigenvalue weighted by Crippen LogP contribution is 2.10. The molecule has 1 aliphatic heterocycles. The number of nitrogens with one attached hydrogen (secondary N) is 2. The van der Waals surface area contributed by atoms with Gasteiger partial charge in [0.2, 0.25) is 0 Å². The molecular formula is C12H14N4O2. The molecule has 18 heavy (non-hydrogen) atoms. The zero-order chi connectivity index (χ0) is 12.8. The molecule has 0 bridgehead atoms. The van der Waals surface area contributed by atoms with E-state index in [1.807, 2.05) is 6.07 Å². The number of rotatable bonds is 3. The van der Waals surface area contributed by atoms with Crippen LogP contribution in [0, 0.1) is 11.3 Å². The Hall–Kier alpha value is -2.13. The Morgan fingerprint density at radius 2 is 2.50 bits per heavy atom. The molecule has 0 radical (unpaired) electrons. The Balaban J connectivity index is 1.77. The summed E-state index contributed by atoms with van der Waals surface area (Å²) >= 11 is 0. The van der Waals surface area contributed by atoms with Gasteiger partial charge in [-0.1, -0.05) is 0 Å². The molecule has 2 amide bonds. The zero-order valence-electron chi connectivity index (χ0n) is 9.85. The standard InChI is InChI=1S/C12H14N4O2/c13-6-9-3-4-10(7-14-9)16-12(17)15-8-11-2-1-5-18-11/h3-4,7,11H,1-2,5,8H2,(H2,15,16,17)/t11-/m1/s1. The highest BCUT2D eigenvalue weighted by molar-refractivity contribution is 5.89. The molecule has 0 spiro atoms. The fourth-order valence-electron chi connectivity index (χ4n) is 1.72. The van der Waals surface area contributed by atoms with Crippen molar-refractivity contribution in [2.24, 2.45) is 0 Å². The first-order chi connectivity index (χ1) is 8.78. The van der Waals surface area contributed by atoms with Crippen molar-refractivity contribution in [2.45, 2.75) is 18.9 Å². The smallest absolute Gasteiger partial charge is 0.319 e. The van der Waals surface area contributed by atoms with Gasteiger partial charge in [0, 0.05) is 13.2 Å². The van der Waals surface area contributed by atoms with Gasteiger partial charge >= 0.3 is 6.03 Å². The normalized spacial score (nSPS) is 18.1. The molecule has 1 aliphatic rings. The second kappa shape index (κ2) is 5.98. The summed E-state index contributed by atoms with van der Waals surface area (Å²) in [5.41, 5.74) is 0.874. The number of carbonyl (C=O) groups is 1. The fraction of sp³-hybridized carbons (Fsp3) is 0.417. The summed E-state index contributed by atoms with van der Waals surface area (Å²) in [6.45, 7) is 1.28. The Morgan fingerprint density at radius 1 is 1.61 bits per heavy atom. The van der Waals surface area contributed by atoms with Crippen molar-refractivity contribution in [1.82, 2.24) is 10.3 Å². The Bertz CT molecular complexity index is 446. The van der Waals surface area contributed by atoms with Gasteiger partial charge in [-0.05, 0) is 25.0 Å². The average molecular weight is 246 g/mol. The SMILES string of the molecule is N#Cc1ccc(NC(=O)NC[C@H]2CCCO2)cn1. The van der Waals surface area contributed by atoms with Crippen LogP contribution in [-0.4, -0.2) is 30.3 Å². The van der Waals surface area contributed by atoms with Crippen molar-refractivity contribution in [2.75, 3.05) is 18.5 Å². The lowest BCUT2D eigenvalue weighted by Crippen LogP contribution is -2.35. The van der Waals surface area contributed by atoms with Gasteiger partial charge in [-0.3, -0.25) is 0 Å². The van der Waals surface area contributed by atoms with E-state index in [2.05, 4.69) is 15.6 Å². The van der Waals surface area contributed by atoms with Gasteiger partial charge in [-0.25, -0.2) is 9.78 Å². The number of nitrogens with zero attached hydrogens (tertiary/aromatic N) is 2. The minimum Gasteiger partial charge on any atom is -0.376 e. The third-order valence-electron chi connectivity index (χ3n) is 2.65. The van der Waals surface area contributed by atoms with Gasteiger partial charge in [0.15, 0.2) is 0 Å². The first kappa shape index (κ1) is 12.3. The summed E-state index contributed by atoms with van der Waals surface area (Å²) in [6.07, 6.45) is 3.60. The summed E-state index contributed by atoms with van der Waals surface area (Å²) in [7, 11) is 0. The monoisotopic (exact) mass is 246 g/mol. The van der Waals surface area contributed by atoms with E-state index in [1.54, 1.807) is 12.1 Å². The first-order valence-corrected chi connectivity index (χ1v) is 5.80. The molecule has 0 aliphatic carbocycles. The van der Waals surface area contributed by atoms with Crippen LogP contribution in [0.5, 0.6) is 0 Å². The number of hydrogen-bond donors (Lipinski definition) is 2. The maximum absolute atomic E-state index is 11.6. The minimum absolute atomic E-state index is 0.120. The van der Waals surface area contributed by atoms with Gasteiger partial charge in [0.25, 0.3) is 0 Å². The van der Waals surface area contributed by atoms with Crippen LogP contribution in [0.15, 0.2) is 18.3 Å². The molecule has 2 rings (SSSR count). The third kappa shape index (κ3) is 3.43. The summed E-state index contributed by atoms with van der Waals surface area (Å²) in [6, 6.07) is 4.81. The van der Waals surface area contributed by atoms with Gasteiger partial charge in [0.05, 0.1) is 18.0 Å². The molecule has 6 nitrogen and oxygen atoms in total. The number of anilines is 1. The van der Waals surface area contributed by atoms with Crippen LogP contribution >= 0.6 is 0 Å². The molecule has 1 saturated heterocycles. The first-order valence-electron chi connectivity index (χ1n) is 5.80. The molecule has 2 N–H and O–H groups in total. The summed E-state index contributed by atoms with van der Waals surface area (Å²) in [5, 5.41) is 14.0. The van der Waals surface area contributed by atoms with E-state index >= 15 is 0 Å². The van der Waals surface area contributed by atoms with Crippen molar-refractivity contribution in [3.8, 4) is 6.07 Å². The number of pyridine rings is 1. The topological polar surface area (TPSA) is 87.0 Å². The zero-order valence-corrected chi connectivity index (χ0v) is 9.85. The number of hydrogen-bond acceptors (Lipinski definition) is 4. The third-order valence-corrected chi connectivity index (χ3v) is 2.65. The second-order valence-electron chi connectivity index (χ2n) is 4.01. The Labute approximate surface area is 105 Å². The maximum atomic E-state index is 11.6. The number of aromatic nitrogens is 1. The van der Waals surface area contributed by atoms with E-state index < -0.39 is 0 Å². The molecule has 0 unspecified atom stereocenters. The summed E-state index contributed by atoms with van der Waals surface area (Å²) in [4.78, 5) is 15.4. The van der Waals surface area contributed by atoms with Gasteiger partial charge in [-0.2, -0.15) is 5.26 Å². The molecule has 2 heterocycles. The number of carbonyl (C=O) groups excluding carboxylic acids is 1. The highest BCUT2D eigenvalue weighted by atomic mass is 16.5. The van der Waals surface area contributed by atoms with E-state index in [0.29, 0.717) is 17.9 Å². The Kier molecular flexibility index (Phi) is 4.10. The molecular weight excluding hydrogens is 232 g/mol. The lowest BCUT2D eigenvalue weighted by molar-refractivity contribution is 0.112. The van der Waals surface area contributed by atoms with Crippen LogP contribution < -0.4 is 10.6 Å². The fourth-order valence-corrected chi connectivity index (χ4v) is 1.72. The number of urea groups is 1. The van der Waals surface area contributed by atoms with Crippen molar-refractivity contribution in [3.05, 3.63) is 24.0 Å². The van der Waals surface area contributed by atoms with E-state index in [4.69, 9.17) is 10.00 Å². The van der Waals surface area contributed by atoms with Gasteiger partial charge in [-0.15, -0.1) is 0 Å². The van der Waals surface area contributed by atoms with E-state index in [0.717, 1.165) is 19.4 Å². The van der Waals surface area contributed by atoms with E-state index in [-0.39, 0.29) is 12.1 Å². The van der Waals surface area contributed by atoms with Gasteiger partial charge in [0.1, 0.15) is 11.8 Å². The van der Waals surface area contributed by atoms with Crippen LogP contribution in [-0.2, 0) is 4.74 Å². The van der Waals surface area contributed by atoms with Crippen LogP contribution in [0.1, 0.15) is 18.5 Å². The lowest BCUT2D eigenvalue weighted by Gasteiger charge is -2.11. The predicted octanol–water partition coefficient (Wildman–Crippen LogP) is 1.25. The number of ether oxygens (including phenoxy) is 1. The molecule has 0 aromatic carbocycles. The van der Waals surface area contributed by atoms with E-state index in [9.17, 15) is 4.79 Å². The predicted molar refractivity (Wildman–Crippen MR) is 64.9 cm³/mol. The minimum atomic E-state index is -0.294. The summed E-state index contributed by atoms with van der Waals surface area (Å²) in [5.74, 6) is 0. The number of amides is 2. The largest absolute Gasteiger partial charge is 0.376 e. The highest BCUT2D eigenvalue weighted by Gasteiger charge is 2.15. The van der Waals surface area contributed by atoms with Crippen molar-refractivity contribution in [1.29, 1.82) is 5.26 Å². The Morgan fingerprint density at radius 3 is 3.11 bits per heavy atom. The van der Waals surface area contributed by atoms with Crippen molar-refractivity contribution >= 4 is 11.7 Å². The quantitative estimate of drug-likeness (QED) is 0.840. The lowest BCUT2D eigenvalue weighted by atomic mass is 10.2. The molecule has 1 aromatic rings. The van der Waals surface area contributed by atoms with Crippen molar-refractivity contribution in [3.63, 3.8) is 0 Å². The van der Waals surface area contributed by atoms with Crippen LogP contribution in [0.3, 0.4) is 0 Å². The molecule has 94 valence electrons. The average Bonchev–Trinajstić information content (AvgIpc) is 2.90. The van der Waals surface area contributed by atoms with Crippen LogP contribution in [0.4, 0.5) is 10.5 Å². The molecule has 1 aromatic heterocycles. The maximum Gasteiger partial charge on any atom is 0.319 e. The van der Waals surface area contributed by atoms with Crippen LogP contribution in [0.25, 0.3) is 0 Å². The van der Waals surface area contributed by atoms with Crippen molar-refractivity contribution < 1.29 is 9.53 Å². The number of nitriles is 1. The molecule has 1 fully saturated rings. The molecule has 1 atom stereocenters.